The summed E-state index contributed by atoms with van der Waals surface area (Å²) in [6, 6.07) is 1.98. The van der Waals surface area contributed by atoms with E-state index in [4.69, 9.17) is 19.1 Å². The standard InChI is InChI=1S/C28H26ClF3N6O3/c1-15-10-34-25(37-12-20(32)27(35-37)28(4,5)36(6)17(3)40)9-22(15)38-16(2)7-24(26(29)23(38)13-39)41-14-21-19(31)8-18(30)11-33-21/h7-12H,14H2,1-6H3/i14D2. The lowest BCUT2D eigenvalue weighted by molar-refractivity contribution is -0.132. The van der Waals surface area contributed by atoms with Crippen molar-refractivity contribution in [3.05, 3.63) is 93.4 Å². The third-order valence-electron chi connectivity index (χ3n) is 6.60. The molecular formula is C28H26ClF3N6O3. The number of anilines is 1. The number of amides is 1. The quantitative estimate of drug-likeness (QED) is 0.350. The number of pyridine rings is 2. The number of allylic oxidation sites excluding steroid dienone is 3. The molecular weight excluding hydrogens is 561 g/mol. The molecule has 0 spiro atoms. The molecule has 1 amide bonds. The molecule has 3 aromatic heterocycles. The summed E-state index contributed by atoms with van der Waals surface area (Å²) in [7, 11) is 1.54. The lowest BCUT2D eigenvalue weighted by Gasteiger charge is -2.33. The fourth-order valence-corrected chi connectivity index (χ4v) is 4.30. The summed E-state index contributed by atoms with van der Waals surface area (Å²) in [4.78, 5) is 34.7. The lowest BCUT2D eigenvalue weighted by Crippen LogP contribution is -2.42. The first-order chi connectivity index (χ1) is 20.0. The molecule has 1 aliphatic heterocycles. The summed E-state index contributed by atoms with van der Waals surface area (Å²) in [6.07, 6.45) is 4.54. The Morgan fingerprint density at radius 3 is 2.54 bits per heavy atom. The summed E-state index contributed by atoms with van der Waals surface area (Å²) >= 11 is 6.47. The van der Waals surface area contributed by atoms with Crippen LogP contribution in [-0.2, 0) is 26.4 Å². The second kappa shape index (κ2) is 11.2. The first-order valence-electron chi connectivity index (χ1n) is 13.1. The van der Waals surface area contributed by atoms with E-state index < -0.39 is 35.2 Å². The van der Waals surface area contributed by atoms with Crippen molar-refractivity contribution in [2.75, 3.05) is 11.9 Å². The summed E-state index contributed by atoms with van der Waals surface area (Å²) in [5, 5.41) is 3.99. The number of hydrogen-bond acceptors (Lipinski definition) is 7. The lowest BCUT2D eigenvalue weighted by atomic mass is 9.98. The van der Waals surface area contributed by atoms with Crippen LogP contribution in [0.25, 0.3) is 5.82 Å². The minimum Gasteiger partial charge on any atom is -0.485 e. The summed E-state index contributed by atoms with van der Waals surface area (Å²) in [5.74, 6) is -1.66. The molecule has 0 aliphatic carbocycles. The summed E-state index contributed by atoms with van der Waals surface area (Å²) in [5.41, 5.74) is -0.911. The Kier molecular flexibility index (Phi) is 7.34. The van der Waals surface area contributed by atoms with E-state index in [-0.39, 0.29) is 33.9 Å². The molecule has 0 N–H and O–H groups in total. The van der Waals surface area contributed by atoms with Crippen molar-refractivity contribution in [1.29, 1.82) is 0 Å². The van der Waals surface area contributed by atoms with Gasteiger partial charge in [-0.25, -0.2) is 27.6 Å². The Morgan fingerprint density at radius 2 is 1.90 bits per heavy atom. The van der Waals surface area contributed by atoms with Gasteiger partial charge < -0.3 is 14.5 Å². The van der Waals surface area contributed by atoms with Crippen LogP contribution in [0.2, 0.25) is 0 Å². The molecule has 13 heteroatoms. The average Bonchev–Trinajstić information content (AvgIpc) is 3.32. The Morgan fingerprint density at radius 1 is 1.20 bits per heavy atom. The zero-order chi connectivity index (χ0) is 32.0. The van der Waals surface area contributed by atoms with Crippen molar-refractivity contribution in [3.63, 3.8) is 0 Å². The highest BCUT2D eigenvalue weighted by atomic mass is 35.5. The molecule has 9 nitrogen and oxygen atoms in total. The Bertz CT molecular complexity index is 1750. The summed E-state index contributed by atoms with van der Waals surface area (Å²) < 4.78 is 65.6. The molecule has 0 fully saturated rings. The van der Waals surface area contributed by atoms with Gasteiger partial charge in [0.2, 0.25) is 5.91 Å². The Hall–Kier alpha value is -4.41. The maximum absolute atomic E-state index is 15.1. The van der Waals surface area contributed by atoms with E-state index in [9.17, 15) is 18.4 Å². The van der Waals surface area contributed by atoms with E-state index >= 15 is 4.39 Å². The topological polar surface area (TPSA) is 93.5 Å². The molecule has 0 saturated carbocycles. The van der Waals surface area contributed by atoms with Gasteiger partial charge >= 0.3 is 0 Å². The van der Waals surface area contributed by atoms with Crippen LogP contribution in [0, 0.1) is 24.4 Å². The van der Waals surface area contributed by atoms with E-state index in [1.54, 1.807) is 33.6 Å². The van der Waals surface area contributed by atoms with Crippen molar-refractivity contribution in [3.8, 4) is 5.82 Å². The van der Waals surface area contributed by atoms with Gasteiger partial charge in [-0.1, -0.05) is 11.6 Å². The largest absolute Gasteiger partial charge is 0.485 e. The van der Waals surface area contributed by atoms with Gasteiger partial charge in [0.05, 0.1) is 26.4 Å². The molecule has 41 heavy (non-hydrogen) atoms. The van der Waals surface area contributed by atoms with Crippen LogP contribution in [0.5, 0.6) is 0 Å². The van der Waals surface area contributed by atoms with Crippen molar-refractivity contribution in [2.24, 2.45) is 0 Å². The van der Waals surface area contributed by atoms with Gasteiger partial charge in [-0.3, -0.25) is 9.78 Å². The SMILES string of the molecule is [2H]C([2H])(OC1=C(Cl)C(=C=O)N(c2cc(-n3cc(F)c(C(C)(C)N(C)C(C)=O)n3)ncc2C)C(C)=C1)c1ncc(F)cc1F. The minimum absolute atomic E-state index is 0.00534. The number of carbonyl (C=O) groups excluding carboxylic acids is 2. The molecule has 4 rings (SSSR count). The van der Waals surface area contributed by atoms with Crippen molar-refractivity contribution in [1.82, 2.24) is 24.6 Å². The molecule has 4 heterocycles. The van der Waals surface area contributed by atoms with Gasteiger partial charge in [0.15, 0.2) is 29.1 Å². The number of aromatic nitrogens is 4. The molecule has 0 radical (unpaired) electrons. The minimum atomic E-state index is -2.90. The number of rotatable bonds is 7. The molecule has 0 saturated heterocycles. The first-order valence-corrected chi connectivity index (χ1v) is 12.5. The zero-order valence-electron chi connectivity index (χ0n) is 24.9. The van der Waals surface area contributed by atoms with Gasteiger partial charge in [0, 0.05) is 44.1 Å². The predicted molar refractivity (Wildman–Crippen MR) is 145 cm³/mol. The fraction of sp³-hybridized carbons (Fsp3) is 0.286. The van der Waals surface area contributed by atoms with Crippen LogP contribution >= 0.6 is 11.6 Å². The van der Waals surface area contributed by atoms with E-state index in [1.165, 1.54) is 46.8 Å². The maximum atomic E-state index is 15.1. The van der Waals surface area contributed by atoms with Crippen molar-refractivity contribution >= 4 is 29.1 Å². The Labute approximate surface area is 242 Å². The highest BCUT2D eigenvalue weighted by Crippen LogP contribution is 2.38. The monoisotopic (exact) mass is 588 g/mol. The van der Waals surface area contributed by atoms with E-state index in [0.29, 0.717) is 29.2 Å². The number of hydrogen-bond donors (Lipinski definition) is 0. The van der Waals surface area contributed by atoms with E-state index in [1.807, 2.05) is 0 Å². The summed E-state index contributed by atoms with van der Waals surface area (Å²) in [6.45, 7) is 5.04. The first kappa shape index (κ1) is 26.8. The van der Waals surface area contributed by atoms with Gasteiger partial charge in [-0.15, -0.1) is 0 Å². The van der Waals surface area contributed by atoms with Crippen LogP contribution in [0.1, 0.15) is 47.4 Å². The third-order valence-corrected chi connectivity index (χ3v) is 6.96. The smallest absolute Gasteiger partial charge is 0.219 e. The molecule has 0 aromatic carbocycles. The highest BCUT2D eigenvalue weighted by molar-refractivity contribution is 6.33. The van der Waals surface area contributed by atoms with Crippen LogP contribution in [0.3, 0.4) is 0 Å². The molecule has 0 bridgehead atoms. The van der Waals surface area contributed by atoms with Crippen molar-refractivity contribution < 1.29 is 30.2 Å². The van der Waals surface area contributed by atoms with E-state index in [2.05, 4.69) is 15.1 Å². The Balaban J connectivity index is 1.73. The molecule has 1 aliphatic rings. The van der Waals surface area contributed by atoms with Gasteiger partial charge in [-0.05, 0) is 33.3 Å². The van der Waals surface area contributed by atoms with Crippen LogP contribution in [-0.4, -0.2) is 43.5 Å². The second-order valence-corrected chi connectivity index (χ2v) is 10.1. The number of carbonyl (C=O) groups is 1. The maximum Gasteiger partial charge on any atom is 0.219 e. The number of nitrogens with zero attached hydrogens (tertiary/aromatic N) is 6. The average molecular weight is 589 g/mol. The van der Waals surface area contributed by atoms with Crippen LogP contribution in [0.4, 0.5) is 18.9 Å². The molecule has 0 atom stereocenters. The predicted octanol–water partition coefficient (Wildman–Crippen LogP) is 5.21. The molecule has 0 unspecified atom stereocenters. The highest BCUT2D eigenvalue weighted by Gasteiger charge is 2.34. The molecule has 3 aromatic rings. The van der Waals surface area contributed by atoms with Crippen molar-refractivity contribution in [2.45, 2.75) is 46.7 Å². The zero-order valence-corrected chi connectivity index (χ0v) is 23.6. The molecule has 214 valence electrons. The number of halogens is 4. The third kappa shape index (κ3) is 5.61. The van der Waals surface area contributed by atoms with Gasteiger partial charge in [-0.2, -0.15) is 5.10 Å². The fourth-order valence-electron chi connectivity index (χ4n) is 4.08. The van der Waals surface area contributed by atoms with Crippen LogP contribution in [0.15, 0.2) is 59.0 Å². The number of aryl methyl sites for hydroxylation is 1. The second-order valence-electron chi connectivity index (χ2n) is 9.67. The normalized spacial score (nSPS) is 14.8. The van der Waals surface area contributed by atoms with E-state index in [0.717, 1.165) is 6.20 Å². The number of ether oxygens (including phenoxy) is 1. The van der Waals surface area contributed by atoms with Gasteiger partial charge in [0.1, 0.15) is 34.6 Å². The van der Waals surface area contributed by atoms with Gasteiger partial charge in [0.25, 0.3) is 0 Å². The van der Waals surface area contributed by atoms with Crippen LogP contribution < -0.4 is 4.90 Å².